The van der Waals surface area contributed by atoms with Crippen molar-refractivity contribution in [2.45, 2.75) is 71.6 Å². The van der Waals surface area contributed by atoms with Crippen LogP contribution in [0, 0.1) is 0 Å². The van der Waals surface area contributed by atoms with Crippen LogP contribution in [-0.2, 0) is 9.59 Å². The molecule has 0 fully saturated rings. The third-order valence-corrected chi connectivity index (χ3v) is 3.97. The number of unbranched alkanes of at least 4 members (excludes halogenated alkanes) is 6. The van der Waals surface area contributed by atoms with Gasteiger partial charge in [0.1, 0.15) is 5.78 Å². The lowest BCUT2D eigenvalue weighted by atomic mass is 10.1. The van der Waals surface area contributed by atoms with E-state index in [-0.39, 0.29) is 23.9 Å². The molecule has 0 radical (unpaired) electrons. The van der Waals surface area contributed by atoms with Crippen molar-refractivity contribution in [3.8, 4) is 0 Å². The summed E-state index contributed by atoms with van der Waals surface area (Å²) in [6.07, 6.45) is 8.47. The number of Topliss-reactive ketones (excluding diaryl/α,β-unsaturated/α-hetero) is 2. The van der Waals surface area contributed by atoms with E-state index in [2.05, 4.69) is 12.2 Å². The Kier molecular flexibility index (Phi) is 9.66. The second-order valence-corrected chi connectivity index (χ2v) is 6.27. The van der Waals surface area contributed by atoms with Crippen LogP contribution in [0.3, 0.4) is 0 Å². The van der Waals surface area contributed by atoms with Crippen molar-refractivity contribution >= 4 is 23.2 Å². The lowest BCUT2D eigenvalue weighted by Crippen LogP contribution is -2.16. The van der Waals surface area contributed by atoms with Crippen molar-refractivity contribution in [3.05, 3.63) is 29.8 Å². The van der Waals surface area contributed by atoms with Gasteiger partial charge < -0.3 is 5.32 Å². The van der Waals surface area contributed by atoms with Crippen LogP contribution in [0.1, 0.15) is 82.0 Å². The minimum atomic E-state index is -0.316. The summed E-state index contributed by atoms with van der Waals surface area (Å²) in [4.78, 5) is 35.1. The number of ketones is 2. The van der Waals surface area contributed by atoms with Gasteiger partial charge in [0.2, 0.25) is 5.91 Å². The van der Waals surface area contributed by atoms with Gasteiger partial charge >= 0.3 is 0 Å². The molecular weight excluding hydrogens is 302 g/mol. The fourth-order valence-corrected chi connectivity index (χ4v) is 2.57. The summed E-state index contributed by atoms with van der Waals surface area (Å²) in [5.74, 6) is -0.395. The van der Waals surface area contributed by atoms with Gasteiger partial charge in [-0.2, -0.15) is 0 Å². The van der Waals surface area contributed by atoms with E-state index in [9.17, 15) is 14.4 Å². The second kappa shape index (κ2) is 11.5. The number of amides is 1. The molecule has 4 nitrogen and oxygen atoms in total. The maximum Gasteiger partial charge on any atom is 0.231 e. The van der Waals surface area contributed by atoms with E-state index in [1.54, 1.807) is 24.3 Å². The average Bonchev–Trinajstić information content (AvgIpc) is 2.54. The van der Waals surface area contributed by atoms with Gasteiger partial charge in [-0.15, -0.1) is 0 Å². The molecular formula is C20H29NO3. The van der Waals surface area contributed by atoms with Gasteiger partial charge in [0, 0.05) is 17.7 Å². The quantitative estimate of drug-likeness (QED) is 0.335. The molecule has 0 unspecified atom stereocenters. The van der Waals surface area contributed by atoms with Crippen molar-refractivity contribution in [1.29, 1.82) is 0 Å². The Bertz CT molecular complexity index is 552. The first-order valence-electron chi connectivity index (χ1n) is 8.95. The van der Waals surface area contributed by atoms with E-state index >= 15 is 0 Å². The summed E-state index contributed by atoms with van der Waals surface area (Å²) in [5, 5.41) is 2.68. The summed E-state index contributed by atoms with van der Waals surface area (Å²) in [7, 11) is 0. The Morgan fingerprint density at radius 1 is 0.958 bits per heavy atom. The smallest absolute Gasteiger partial charge is 0.231 e. The minimum absolute atomic E-state index is 0.0243. The Morgan fingerprint density at radius 2 is 1.62 bits per heavy atom. The normalized spacial score (nSPS) is 10.4. The number of carbonyl (C=O) groups is 3. The zero-order valence-corrected chi connectivity index (χ0v) is 14.9. The molecule has 1 amide bonds. The van der Waals surface area contributed by atoms with Gasteiger partial charge in [-0.1, -0.05) is 57.6 Å². The summed E-state index contributed by atoms with van der Waals surface area (Å²) in [6.45, 7) is 3.67. The molecule has 1 rings (SSSR count). The van der Waals surface area contributed by atoms with Crippen LogP contribution in [0.15, 0.2) is 24.3 Å². The topological polar surface area (TPSA) is 63.2 Å². The molecule has 0 bridgehead atoms. The number of hydrogen-bond donors (Lipinski definition) is 1. The zero-order valence-electron chi connectivity index (χ0n) is 14.9. The van der Waals surface area contributed by atoms with Gasteiger partial charge in [0.05, 0.1) is 6.42 Å². The third-order valence-electron chi connectivity index (χ3n) is 3.97. The Morgan fingerprint density at radius 3 is 2.29 bits per heavy atom. The summed E-state index contributed by atoms with van der Waals surface area (Å²) in [6, 6.07) is 6.75. The summed E-state index contributed by atoms with van der Waals surface area (Å²) in [5.41, 5.74) is 1.10. The molecule has 0 atom stereocenters. The fraction of sp³-hybridized carbons (Fsp3) is 0.550. The van der Waals surface area contributed by atoms with Crippen LogP contribution in [0.5, 0.6) is 0 Å². The molecule has 0 saturated carbocycles. The number of benzene rings is 1. The van der Waals surface area contributed by atoms with Crippen LogP contribution in [-0.4, -0.2) is 17.5 Å². The number of nitrogens with one attached hydrogen (secondary N) is 1. The predicted octanol–water partition coefficient (Wildman–Crippen LogP) is 4.93. The van der Waals surface area contributed by atoms with E-state index in [1.165, 1.54) is 32.6 Å². The maximum absolute atomic E-state index is 11.9. The first kappa shape index (κ1) is 20.1. The Labute approximate surface area is 145 Å². The molecule has 1 N–H and O–H groups in total. The molecule has 1 aromatic carbocycles. The molecule has 0 heterocycles. The highest BCUT2D eigenvalue weighted by Crippen LogP contribution is 2.13. The average molecular weight is 331 g/mol. The molecule has 0 saturated heterocycles. The Balaban J connectivity index is 2.23. The van der Waals surface area contributed by atoms with E-state index < -0.39 is 0 Å². The first-order valence-corrected chi connectivity index (χ1v) is 8.95. The highest BCUT2D eigenvalue weighted by Gasteiger charge is 2.10. The SMILES string of the molecule is CCCCCCCCCC(=O)CC(=O)Nc1cccc(C(C)=O)c1. The van der Waals surface area contributed by atoms with E-state index in [0.717, 1.165) is 19.3 Å². The molecule has 0 aliphatic carbocycles. The van der Waals surface area contributed by atoms with Crippen molar-refractivity contribution in [1.82, 2.24) is 0 Å². The fourth-order valence-electron chi connectivity index (χ4n) is 2.57. The second-order valence-electron chi connectivity index (χ2n) is 6.27. The number of rotatable bonds is 12. The van der Waals surface area contributed by atoms with E-state index in [4.69, 9.17) is 0 Å². The lowest BCUT2D eigenvalue weighted by Gasteiger charge is -2.06. The standard InChI is InChI=1S/C20H29NO3/c1-3-4-5-6-7-8-9-13-19(23)15-20(24)21-18-12-10-11-17(14-18)16(2)22/h10-12,14H,3-9,13,15H2,1-2H3,(H,21,24). The predicted molar refractivity (Wildman–Crippen MR) is 97.3 cm³/mol. The van der Waals surface area contributed by atoms with Crippen LogP contribution < -0.4 is 5.32 Å². The molecule has 0 spiro atoms. The molecule has 0 aromatic heterocycles. The van der Waals surface area contributed by atoms with Gasteiger partial charge in [-0.05, 0) is 25.5 Å². The van der Waals surface area contributed by atoms with Crippen molar-refractivity contribution in [3.63, 3.8) is 0 Å². The van der Waals surface area contributed by atoms with E-state index in [1.807, 2.05) is 0 Å². The van der Waals surface area contributed by atoms with Crippen LogP contribution >= 0.6 is 0 Å². The third kappa shape index (κ3) is 8.61. The molecule has 24 heavy (non-hydrogen) atoms. The highest BCUT2D eigenvalue weighted by molar-refractivity contribution is 6.04. The van der Waals surface area contributed by atoms with Crippen LogP contribution in [0.2, 0.25) is 0 Å². The van der Waals surface area contributed by atoms with Crippen molar-refractivity contribution < 1.29 is 14.4 Å². The van der Waals surface area contributed by atoms with Crippen LogP contribution in [0.25, 0.3) is 0 Å². The molecule has 132 valence electrons. The number of hydrogen-bond acceptors (Lipinski definition) is 3. The zero-order chi connectivity index (χ0) is 17.8. The lowest BCUT2D eigenvalue weighted by molar-refractivity contribution is -0.125. The van der Waals surface area contributed by atoms with Gasteiger partial charge in [0.15, 0.2) is 5.78 Å². The molecule has 0 aliphatic rings. The maximum atomic E-state index is 11.9. The largest absolute Gasteiger partial charge is 0.326 e. The van der Waals surface area contributed by atoms with Crippen molar-refractivity contribution in [2.75, 3.05) is 5.32 Å². The van der Waals surface area contributed by atoms with Gasteiger partial charge in [-0.3, -0.25) is 14.4 Å². The molecule has 1 aromatic rings. The number of anilines is 1. The first-order chi connectivity index (χ1) is 11.5. The minimum Gasteiger partial charge on any atom is -0.326 e. The summed E-state index contributed by atoms with van der Waals surface area (Å²) >= 11 is 0. The van der Waals surface area contributed by atoms with Gasteiger partial charge in [-0.25, -0.2) is 0 Å². The number of carbonyl (C=O) groups excluding carboxylic acids is 3. The van der Waals surface area contributed by atoms with Gasteiger partial charge in [0.25, 0.3) is 0 Å². The van der Waals surface area contributed by atoms with Crippen LogP contribution in [0.4, 0.5) is 5.69 Å². The molecule has 4 heteroatoms. The monoisotopic (exact) mass is 331 g/mol. The Hall–Kier alpha value is -1.97. The summed E-state index contributed by atoms with van der Waals surface area (Å²) < 4.78 is 0. The van der Waals surface area contributed by atoms with E-state index in [0.29, 0.717) is 17.7 Å². The molecule has 0 aliphatic heterocycles. The van der Waals surface area contributed by atoms with Crippen molar-refractivity contribution in [2.24, 2.45) is 0 Å². The highest BCUT2D eigenvalue weighted by atomic mass is 16.2.